The van der Waals surface area contributed by atoms with Crippen molar-refractivity contribution in [1.82, 2.24) is 4.90 Å². The Morgan fingerprint density at radius 2 is 1.80 bits per heavy atom. The summed E-state index contributed by atoms with van der Waals surface area (Å²) in [4.78, 5) is 2.47. The fraction of sp³-hybridized carbons (Fsp3) is 0.882. The summed E-state index contributed by atoms with van der Waals surface area (Å²) in [6.45, 7) is 14.2. The summed E-state index contributed by atoms with van der Waals surface area (Å²) in [5, 5.41) is 10.6. The van der Waals surface area contributed by atoms with Gasteiger partial charge in [-0.1, -0.05) is 34.6 Å². The number of likely N-dealkylation sites (tertiary alicyclic amines) is 1. The SMILES string of the molecule is CCN1CCC2(CC1)CC(O)C(C(C)C)=C(C(C)C)O2. The number of piperidine rings is 1. The molecule has 0 amide bonds. The third-order valence-corrected chi connectivity index (χ3v) is 4.90. The molecule has 20 heavy (non-hydrogen) atoms. The van der Waals surface area contributed by atoms with E-state index in [0.717, 1.165) is 50.2 Å². The summed E-state index contributed by atoms with van der Waals surface area (Å²) in [6, 6.07) is 0. The summed E-state index contributed by atoms with van der Waals surface area (Å²) >= 11 is 0. The van der Waals surface area contributed by atoms with E-state index in [1.165, 1.54) is 0 Å². The Morgan fingerprint density at radius 3 is 2.25 bits per heavy atom. The van der Waals surface area contributed by atoms with Crippen molar-refractivity contribution >= 4 is 0 Å². The molecule has 0 aromatic rings. The van der Waals surface area contributed by atoms with Crippen LogP contribution in [-0.2, 0) is 4.74 Å². The summed E-state index contributed by atoms with van der Waals surface area (Å²) in [5.41, 5.74) is 1.01. The van der Waals surface area contributed by atoms with E-state index >= 15 is 0 Å². The smallest absolute Gasteiger partial charge is 0.114 e. The molecule has 0 aromatic carbocycles. The van der Waals surface area contributed by atoms with Gasteiger partial charge >= 0.3 is 0 Å². The number of allylic oxidation sites excluding steroid dienone is 1. The maximum atomic E-state index is 10.6. The van der Waals surface area contributed by atoms with Crippen LogP contribution >= 0.6 is 0 Å². The third-order valence-electron chi connectivity index (χ3n) is 4.90. The highest BCUT2D eigenvalue weighted by molar-refractivity contribution is 5.22. The first-order chi connectivity index (χ1) is 9.38. The average Bonchev–Trinajstić information content (AvgIpc) is 2.38. The fourth-order valence-corrected chi connectivity index (χ4v) is 3.66. The zero-order chi connectivity index (χ0) is 14.9. The molecule has 2 aliphatic heterocycles. The van der Waals surface area contributed by atoms with Crippen molar-refractivity contribution in [1.29, 1.82) is 0 Å². The van der Waals surface area contributed by atoms with Gasteiger partial charge in [-0.05, 0) is 30.9 Å². The molecule has 0 radical (unpaired) electrons. The minimum atomic E-state index is -0.325. The van der Waals surface area contributed by atoms with Gasteiger partial charge in [0.2, 0.25) is 0 Å². The van der Waals surface area contributed by atoms with Gasteiger partial charge in [-0.3, -0.25) is 0 Å². The fourth-order valence-electron chi connectivity index (χ4n) is 3.66. The minimum Gasteiger partial charge on any atom is -0.491 e. The number of aliphatic hydroxyl groups excluding tert-OH is 1. The van der Waals surface area contributed by atoms with Crippen LogP contribution < -0.4 is 0 Å². The maximum Gasteiger partial charge on any atom is 0.114 e. The van der Waals surface area contributed by atoms with Crippen molar-refractivity contribution in [3.05, 3.63) is 11.3 Å². The Kier molecular flexibility index (Phi) is 4.80. The molecule has 2 rings (SSSR count). The largest absolute Gasteiger partial charge is 0.491 e. The molecule has 0 aromatic heterocycles. The molecule has 3 nitrogen and oxygen atoms in total. The lowest BCUT2D eigenvalue weighted by Gasteiger charge is -2.48. The van der Waals surface area contributed by atoms with Crippen molar-refractivity contribution in [2.45, 2.75) is 65.6 Å². The van der Waals surface area contributed by atoms with Crippen molar-refractivity contribution in [2.75, 3.05) is 19.6 Å². The Labute approximate surface area is 124 Å². The lowest BCUT2D eigenvalue weighted by molar-refractivity contribution is -0.0977. The summed E-state index contributed by atoms with van der Waals surface area (Å²) in [6.07, 6.45) is 2.53. The Bertz CT molecular complexity index is 365. The summed E-state index contributed by atoms with van der Waals surface area (Å²) in [7, 11) is 0. The van der Waals surface area contributed by atoms with E-state index < -0.39 is 0 Å². The number of hydrogen-bond donors (Lipinski definition) is 1. The molecule has 1 unspecified atom stereocenters. The number of aliphatic hydroxyl groups is 1. The van der Waals surface area contributed by atoms with Crippen LogP contribution in [0.4, 0.5) is 0 Å². The lowest BCUT2D eigenvalue weighted by atomic mass is 9.78. The normalized spacial score (nSPS) is 27.5. The summed E-state index contributed by atoms with van der Waals surface area (Å²) in [5.74, 6) is 1.77. The van der Waals surface area contributed by atoms with Gasteiger partial charge in [-0.15, -0.1) is 0 Å². The van der Waals surface area contributed by atoms with E-state index in [4.69, 9.17) is 4.74 Å². The third kappa shape index (κ3) is 3.04. The van der Waals surface area contributed by atoms with Gasteiger partial charge < -0.3 is 14.7 Å². The molecule has 0 saturated carbocycles. The van der Waals surface area contributed by atoms with Crippen LogP contribution in [-0.4, -0.2) is 41.3 Å². The second-order valence-corrected chi connectivity index (χ2v) is 7.07. The molecular formula is C17H31NO2. The standard InChI is InChI=1S/C17H31NO2/c1-6-18-9-7-17(8-10-18)11-14(19)15(12(2)3)16(20-17)13(4)5/h12-14,19H,6-11H2,1-5H3. The van der Waals surface area contributed by atoms with E-state index in [0.29, 0.717) is 11.8 Å². The first kappa shape index (κ1) is 15.8. The van der Waals surface area contributed by atoms with Gasteiger partial charge in [-0.25, -0.2) is 0 Å². The van der Waals surface area contributed by atoms with Gasteiger partial charge in [0.15, 0.2) is 0 Å². The zero-order valence-corrected chi connectivity index (χ0v) is 13.8. The monoisotopic (exact) mass is 281 g/mol. The molecule has 2 heterocycles. The number of nitrogens with zero attached hydrogens (tertiary/aromatic N) is 1. The molecule has 3 heteroatoms. The van der Waals surface area contributed by atoms with E-state index in [1.54, 1.807) is 0 Å². The molecule has 1 spiro atoms. The molecular weight excluding hydrogens is 250 g/mol. The topological polar surface area (TPSA) is 32.7 Å². The molecule has 0 bridgehead atoms. The van der Waals surface area contributed by atoms with Crippen LogP contribution in [0.2, 0.25) is 0 Å². The molecule has 1 fully saturated rings. The van der Waals surface area contributed by atoms with Crippen molar-refractivity contribution < 1.29 is 9.84 Å². The highest BCUT2D eigenvalue weighted by Crippen LogP contribution is 2.43. The quantitative estimate of drug-likeness (QED) is 0.862. The van der Waals surface area contributed by atoms with Crippen LogP contribution in [0.5, 0.6) is 0 Å². The average molecular weight is 281 g/mol. The molecule has 1 saturated heterocycles. The number of hydrogen-bond acceptors (Lipinski definition) is 3. The van der Waals surface area contributed by atoms with E-state index in [-0.39, 0.29) is 11.7 Å². The molecule has 1 atom stereocenters. The van der Waals surface area contributed by atoms with Crippen LogP contribution in [0.3, 0.4) is 0 Å². The first-order valence-electron chi connectivity index (χ1n) is 8.22. The van der Waals surface area contributed by atoms with Crippen molar-refractivity contribution in [3.63, 3.8) is 0 Å². The second kappa shape index (κ2) is 6.07. The maximum absolute atomic E-state index is 10.6. The molecule has 0 aliphatic carbocycles. The predicted molar refractivity (Wildman–Crippen MR) is 82.5 cm³/mol. The van der Waals surface area contributed by atoms with Crippen LogP contribution in [0.1, 0.15) is 53.9 Å². The van der Waals surface area contributed by atoms with E-state index in [1.807, 2.05) is 0 Å². The van der Waals surface area contributed by atoms with Gasteiger partial charge in [0.25, 0.3) is 0 Å². The number of rotatable bonds is 3. The van der Waals surface area contributed by atoms with Gasteiger partial charge in [0.1, 0.15) is 11.4 Å². The minimum absolute atomic E-state index is 0.122. The molecule has 116 valence electrons. The zero-order valence-electron chi connectivity index (χ0n) is 13.8. The highest BCUT2D eigenvalue weighted by atomic mass is 16.5. The van der Waals surface area contributed by atoms with Gasteiger partial charge in [-0.2, -0.15) is 0 Å². The van der Waals surface area contributed by atoms with E-state index in [9.17, 15) is 5.11 Å². The Morgan fingerprint density at radius 1 is 1.20 bits per heavy atom. The van der Waals surface area contributed by atoms with Gasteiger partial charge in [0, 0.05) is 25.4 Å². The van der Waals surface area contributed by atoms with Gasteiger partial charge in [0.05, 0.1) is 6.10 Å². The highest BCUT2D eigenvalue weighted by Gasteiger charge is 2.44. The van der Waals surface area contributed by atoms with Crippen molar-refractivity contribution in [3.8, 4) is 0 Å². The van der Waals surface area contributed by atoms with Crippen LogP contribution in [0, 0.1) is 11.8 Å². The summed E-state index contributed by atoms with van der Waals surface area (Å²) < 4.78 is 6.51. The molecule has 2 aliphatic rings. The predicted octanol–water partition coefficient (Wildman–Crippen LogP) is 3.19. The van der Waals surface area contributed by atoms with Crippen molar-refractivity contribution in [2.24, 2.45) is 11.8 Å². The molecule has 1 N–H and O–H groups in total. The second-order valence-electron chi connectivity index (χ2n) is 7.07. The lowest BCUT2D eigenvalue weighted by Crippen LogP contribution is -2.50. The van der Waals surface area contributed by atoms with Crippen LogP contribution in [0.25, 0.3) is 0 Å². The van der Waals surface area contributed by atoms with Crippen LogP contribution in [0.15, 0.2) is 11.3 Å². The Balaban J connectivity index is 2.22. The number of ether oxygens (including phenoxy) is 1. The van der Waals surface area contributed by atoms with E-state index in [2.05, 4.69) is 39.5 Å². The first-order valence-corrected chi connectivity index (χ1v) is 8.22. The Hall–Kier alpha value is -0.540.